The lowest BCUT2D eigenvalue weighted by atomic mass is 10.3. The van der Waals surface area contributed by atoms with Crippen LogP contribution in [0.15, 0.2) is 48.8 Å². The summed E-state index contributed by atoms with van der Waals surface area (Å²) < 4.78 is 15.2. The Kier molecular flexibility index (Phi) is 2.04. The van der Waals surface area contributed by atoms with E-state index < -0.39 is 0 Å². The van der Waals surface area contributed by atoms with Gasteiger partial charge in [-0.1, -0.05) is 0 Å². The minimum Gasteiger partial charge on any atom is -0.618 e. The molecule has 0 saturated carbocycles. The molecule has 0 aliphatic rings. The van der Waals surface area contributed by atoms with Gasteiger partial charge >= 0.3 is 0 Å². The molecule has 1 aromatic carbocycles. The van der Waals surface area contributed by atoms with E-state index in [1.165, 1.54) is 24.5 Å². The Hall–Kier alpha value is -2.43. The molecule has 2 heterocycles. The van der Waals surface area contributed by atoms with Crippen LogP contribution in [0, 0.1) is 11.0 Å². The highest BCUT2D eigenvalue weighted by molar-refractivity contribution is 5.72. The number of halogens is 1. The van der Waals surface area contributed by atoms with E-state index in [4.69, 9.17) is 0 Å². The van der Waals surface area contributed by atoms with Gasteiger partial charge in [-0.2, -0.15) is 9.83 Å². The van der Waals surface area contributed by atoms with Gasteiger partial charge in [0.25, 0.3) is 5.52 Å². The quantitative estimate of drug-likeness (QED) is 0.471. The van der Waals surface area contributed by atoms with Crippen LogP contribution in [0.25, 0.3) is 16.7 Å². The molecule has 0 N–H and O–H groups in total. The van der Waals surface area contributed by atoms with E-state index in [1.54, 1.807) is 28.9 Å². The van der Waals surface area contributed by atoms with Crippen molar-refractivity contribution in [2.24, 2.45) is 0 Å². The number of hydrogen-bond donors (Lipinski definition) is 0. The van der Waals surface area contributed by atoms with E-state index in [0.29, 0.717) is 16.7 Å². The smallest absolute Gasteiger partial charge is 0.262 e. The zero-order valence-corrected chi connectivity index (χ0v) is 8.75. The van der Waals surface area contributed by atoms with Gasteiger partial charge in [0.15, 0.2) is 6.20 Å². The summed E-state index contributed by atoms with van der Waals surface area (Å²) in [6.07, 6.45) is 2.91. The molecule has 17 heavy (non-hydrogen) atoms. The summed E-state index contributed by atoms with van der Waals surface area (Å²) in [5.74, 6) is -0.302. The fraction of sp³-hybridized carbons (Fsp3) is 0. The van der Waals surface area contributed by atoms with Crippen LogP contribution < -0.4 is 4.73 Å². The van der Waals surface area contributed by atoms with Gasteiger partial charge in [0.05, 0.1) is 5.69 Å². The Morgan fingerprint density at radius 1 is 1.18 bits per heavy atom. The summed E-state index contributed by atoms with van der Waals surface area (Å²) in [4.78, 5) is 0. The van der Waals surface area contributed by atoms with Gasteiger partial charge in [-0.25, -0.2) is 9.07 Å². The number of fused-ring (bicyclic) bond motifs is 1. The van der Waals surface area contributed by atoms with Gasteiger partial charge in [0.2, 0.25) is 0 Å². The molecule has 0 radical (unpaired) electrons. The van der Waals surface area contributed by atoms with Crippen LogP contribution in [0.4, 0.5) is 4.39 Å². The number of nitrogens with zero attached hydrogens (tertiary/aromatic N) is 3. The Morgan fingerprint density at radius 2 is 1.94 bits per heavy atom. The van der Waals surface area contributed by atoms with E-state index in [1.807, 2.05) is 0 Å². The first-order valence-corrected chi connectivity index (χ1v) is 5.07. The first kappa shape index (κ1) is 9.77. The lowest BCUT2D eigenvalue weighted by Gasteiger charge is -2.02. The molecular weight excluding hydrogens is 221 g/mol. The number of aromatic nitrogens is 3. The van der Waals surface area contributed by atoms with Gasteiger partial charge in [0, 0.05) is 6.07 Å². The van der Waals surface area contributed by atoms with Crippen molar-refractivity contribution in [1.29, 1.82) is 0 Å². The molecular formula is C12H8FN3O. The Balaban J connectivity index is 2.24. The highest BCUT2D eigenvalue weighted by Gasteiger charge is 2.10. The van der Waals surface area contributed by atoms with Gasteiger partial charge in [-0.3, -0.25) is 0 Å². The van der Waals surface area contributed by atoms with Crippen molar-refractivity contribution >= 4 is 11.0 Å². The average Bonchev–Trinajstić information content (AvgIpc) is 2.75. The standard InChI is InChI=1S/C12H8FN3O/c13-9-3-5-10(6-4-9)16-11-2-1-7-15(17)12(11)8-14-16/h1-8H. The third-order valence-electron chi connectivity index (χ3n) is 2.57. The predicted molar refractivity (Wildman–Crippen MR) is 60.0 cm³/mol. The lowest BCUT2D eigenvalue weighted by molar-refractivity contribution is -0.577. The van der Waals surface area contributed by atoms with Crippen LogP contribution in [0.1, 0.15) is 0 Å². The van der Waals surface area contributed by atoms with E-state index >= 15 is 0 Å². The number of hydrogen-bond acceptors (Lipinski definition) is 2. The summed E-state index contributed by atoms with van der Waals surface area (Å²) in [6.45, 7) is 0. The van der Waals surface area contributed by atoms with Gasteiger partial charge < -0.3 is 5.21 Å². The summed E-state index contributed by atoms with van der Waals surface area (Å²) in [7, 11) is 0. The van der Waals surface area contributed by atoms with Gasteiger partial charge in [-0.15, -0.1) is 0 Å². The maximum atomic E-state index is 12.8. The molecule has 0 atom stereocenters. The Bertz CT molecular complexity index is 676. The zero-order chi connectivity index (χ0) is 11.8. The van der Waals surface area contributed by atoms with E-state index in [-0.39, 0.29) is 5.82 Å². The van der Waals surface area contributed by atoms with Crippen molar-refractivity contribution in [3.8, 4) is 5.69 Å². The second kappa shape index (κ2) is 3.55. The Labute approximate surface area is 96.1 Å². The Morgan fingerprint density at radius 3 is 2.71 bits per heavy atom. The highest BCUT2D eigenvalue weighted by Crippen LogP contribution is 2.15. The molecule has 84 valence electrons. The van der Waals surface area contributed by atoms with Gasteiger partial charge in [-0.05, 0) is 30.3 Å². The largest absolute Gasteiger partial charge is 0.618 e. The molecule has 3 aromatic rings. The molecule has 0 bridgehead atoms. The minimum absolute atomic E-state index is 0.302. The molecule has 3 rings (SSSR count). The van der Waals surface area contributed by atoms with E-state index in [9.17, 15) is 9.60 Å². The monoisotopic (exact) mass is 229 g/mol. The number of pyridine rings is 1. The maximum Gasteiger partial charge on any atom is 0.262 e. The summed E-state index contributed by atoms with van der Waals surface area (Å²) >= 11 is 0. The number of benzene rings is 1. The van der Waals surface area contributed by atoms with Crippen LogP contribution in [-0.2, 0) is 0 Å². The average molecular weight is 229 g/mol. The van der Waals surface area contributed by atoms with Crippen molar-refractivity contribution in [2.75, 3.05) is 0 Å². The predicted octanol–water partition coefficient (Wildman–Crippen LogP) is 1.80. The van der Waals surface area contributed by atoms with Crippen molar-refractivity contribution < 1.29 is 9.12 Å². The van der Waals surface area contributed by atoms with Crippen molar-refractivity contribution in [2.45, 2.75) is 0 Å². The zero-order valence-electron chi connectivity index (χ0n) is 8.75. The molecule has 0 unspecified atom stereocenters. The molecule has 4 nitrogen and oxygen atoms in total. The summed E-state index contributed by atoms with van der Waals surface area (Å²) in [5.41, 5.74) is 1.89. The molecule has 2 aromatic heterocycles. The molecule has 5 heteroatoms. The maximum absolute atomic E-state index is 12.8. The van der Waals surface area contributed by atoms with Crippen LogP contribution in [-0.4, -0.2) is 9.78 Å². The topological polar surface area (TPSA) is 44.8 Å². The molecule has 0 fully saturated rings. The number of rotatable bonds is 1. The van der Waals surface area contributed by atoms with Crippen LogP contribution in [0.2, 0.25) is 0 Å². The van der Waals surface area contributed by atoms with Crippen LogP contribution in [0.3, 0.4) is 0 Å². The third-order valence-corrected chi connectivity index (χ3v) is 2.57. The van der Waals surface area contributed by atoms with E-state index in [0.717, 1.165) is 4.73 Å². The minimum atomic E-state index is -0.302. The van der Waals surface area contributed by atoms with Crippen molar-refractivity contribution in [3.63, 3.8) is 0 Å². The van der Waals surface area contributed by atoms with E-state index in [2.05, 4.69) is 5.10 Å². The molecule has 0 amide bonds. The first-order valence-electron chi connectivity index (χ1n) is 5.07. The van der Waals surface area contributed by atoms with Crippen molar-refractivity contribution in [3.05, 3.63) is 59.8 Å². The van der Waals surface area contributed by atoms with Crippen molar-refractivity contribution in [1.82, 2.24) is 9.78 Å². The third kappa shape index (κ3) is 1.52. The van der Waals surface area contributed by atoms with Crippen LogP contribution in [0.5, 0.6) is 0 Å². The van der Waals surface area contributed by atoms with Crippen LogP contribution >= 0.6 is 0 Å². The first-order chi connectivity index (χ1) is 8.25. The lowest BCUT2D eigenvalue weighted by Crippen LogP contribution is -2.25. The normalized spacial score (nSPS) is 10.9. The fourth-order valence-corrected chi connectivity index (χ4v) is 1.76. The summed E-state index contributed by atoms with van der Waals surface area (Å²) in [6, 6.07) is 9.39. The summed E-state index contributed by atoms with van der Waals surface area (Å²) in [5, 5.41) is 15.6. The SMILES string of the molecule is [O-][n+]1cccc2c1cnn2-c1ccc(F)cc1. The second-order valence-electron chi connectivity index (χ2n) is 3.64. The van der Waals surface area contributed by atoms with Gasteiger partial charge in [0.1, 0.15) is 17.5 Å². The fourth-order valence-electron chi connectivity index (χ4n) is 1.76. The molecule has 0 aliphatic carbocycles. The molecule has 0 saturated heterocycles. The highest BCUT2D eigenvalue weighted by atomic mass is 19.1. The molecule has 0 aliphatic heterocycles. The molecule has 0 spiro atoms. The second-order valence-corrected chi connectivity index (χ2v) is 3.64.